The lowest BCUT2D eigenvalue weighted by Gasteiger charge is -2.50. The highest BCUT2D eigenvalue weighted by molar-refractivity contribution is 7.10. The summed E-state index contributed by atoms with van der Waals surface area (Å²) < 4.78 is 75.5. The van der Waals surface area contributed by atoms with Crippen LogP contribution < -0.4 is 0 Å². The van der Waals surface area contributed by atoms with Gasteiger partial charge in [-0.2, -0.15) is 26.3 Å². The number of carboxylic acids is 2. The Morgan fingerprint density at radius 1 is 1.10 bits per heavy atom. The molecule has 218 valence electrons. The quantitative estimate of drug-likeness (QED) is 0.348. The summed E-state index contributed by atoms with van der Waals surface area (Å²) in [6.45, 7) is 7.80. The third kappa shape index (κ3) is 10.4. The predicted octanol–water partition coefficient (Wildman–Crippen LogP) is 4.92. The number of carbonyl (C=O) groups is 2. The summed E-state index contributed by atoms with van der Waals surface area (Å²) >= 11 is 1.87. The number of hydrogen-bond acceptors (Lipinski definition) is 7. The summed E-state index contributed by atoms with van der Waals surface area (Å²) in [5.74, 6) is -4.88. The van der Waals surface area contributed by atoms with E-state index < -0.39 is 24.3 Å². The van der Waals surface area contributed by atoms with Gasteiger partial charge >= 0.3 is 24.3 Å². The van der Waals surface area contributed by atoms with Crippen LogP contribution in [0.25, 0.3) is 0 Å². The highest BCUT2D eigenvalue weighted by atomic mass is 32.1. The van der Waals surface area contributed by atoms with E-state index in [9.17, 15) is 26.3 Å². The van der Waals surface area contributed by atoms with Gasteiger partial charge in [0.05, 0.1) is 12.2 Å². The second-order valence-corrected chi connectivity index (χ2v) is 9.87. The molecule has 1 spiro atoms. The van der Waals surface area contributed by atoms with Gasteiger partial charge in [-0.25, -0.2) is 9.59 Å². The molecule has 2 aliphatic rings. The minimum Gasteiger partial charge on any atom is -0.475 e. The molecule has 0 aromatic carbocycles. The van der Waals surface area contributed by atoms with E-state index in [-0.39, 0.29) is 5.60 Å². The zero-order chi connectivity index (χ0) is 29.3. The number of aliphatic carboxylic acids is 2. The molecule has 39 heavy (non-hydrogen) atoms. The van der Waals surface area contributed by atoms with E-state index in [1.807, 2.05) is 35.9 Å². The van der Waals surface area contributed by atoms with Gasteiger partial charge in [-0.3, -0.25) is 9.88 Å². The molecule has 2 aromatic heterocycles. The number of alkyl halides is 6. The Balaban J connectivity index is 0.000000317. The van der Waals surface area contributed by atoms with Crippen molar-refractivity contribution in [1.29, 1.82) is 0 Å². The maximum atomic E-state index is 10.6. The van der Waals surface area contributed by atoms with E-state index in [0.717, 1.165) is 39.3 Å². The summed E-state index contributed by atoms with van der Waals surface area (Å²) in [5.41, 5.74) is 2.69. The number of carboxylic acid groups (broad SMARTS) is 2. The topological polar surface area (TPSA) is 109 Å². The summed E-state index contributed by atoms with van der Waals surface area (Å²) in [4.78, 5) is 25.8. The number of thiophene rings is 1. The van der Waals surface area contributed by atoms with Crippen molar-refractivity contribution >= 4 is 23.3 Å². The average molecular weight is 587 g/mol. The van der Waals surface area contributed by atoms with Gasteiger partial charge in [-0.1, -0.05) is 0 Å². The Hall–Kier alpha value is -2.75. The van der Waals surface area contributed by atoms with Crippen LogP contribution in [0.15, 0.2) is 36.0 Å². The number of ether oxygens (including phenoxy) is 2. The molecule has 8 nitrogen and oxygen atoms in total. The summed E-state index contributed by atoms with van der Waals surface area (Å²) in [5, 5.41) is 16.4. The van der Waals surface area contributed by atoms with Crippen LogP contribution in [0, 0.1) is 12.8 Å². The molecule has 0 radical (unpaired) electrons. The minimum atomic E-state index is -5.08. The lowest BCUT2D eigenvalue weighted by Crippen LogP contribution is -2.64. The predicted molar refractivity (Wildman–Crippen MR) is 127 cm³/mol. The van der Waals surface area contributed by atoms with Crippen LogP contribution in [-0.4, -0.2) is 76.3 Å². The smallest absolute Gasteiger partial charge is 0.475 e. The second-order valence-electron chi connectivity index (χ2n) is 8.87. The summed E-state index contributed by atoms with van der Waals surface area (Å²) in [7, 11) is 0. The third-order valence-electron chi connectivity index (χ3n) is 6.03. The van der Waals surface area contributed by atoms with Crippen LogP contribution in [0.1, 0.15) is 28.8 Å². The lowest BCUT2D eigenvalue weighted by molar-refractivity contribution is -0.193. The van der Waals surface area contributed by atoms with Crippen LogP contribution >= 0.6 is 11.3 Å². The van der Waals surface area contributed by atoms with Crippen molar-refractivity contribution in [3.8, 4) is 0 Å². The summed E-state index contributed by atoms with van der Waals surface area (Å²) in [6, 6.07) is 6.23. The highest BCUT2D eigenvalue weighted by Crippen LogP contribution is 2.42. The fraction of sp³-hybridized carbons (Fsp3) is 0.542. The first kappa shape index (κ1) is 32.5. The second kappa shape index (κ2) is 14.1. The summed E-state index contributed by atoms with van der Waals surface area (Å²) in [6.07, 6.45) is -4.27. The van der Waals surface area contributed by atoms with Crippen molar-refractivity contribution in [3.63, 3.8) is 0 Å². The minimum absolute atomic E-state index is 0.0885. The maximum Gasteiger partial charge on any atom is 0.490 e. The van der Waals surface area contributed by atoms with Crippen molar-refractivity contribution < 1.29 is 55.6 Å². The first-order valence-corrected chi connectivity index (χ1v) is 12.5. The third-order valence-corrected chi connectivity index (χ3v) is 7.04. The number of aryl methyl sites for hydroxylation is 1. The normalized spacial score (nSPS) is 18.4. The Morgan fingerprint density at radius 2 is 1.67 bits per heavy atom. The fourth-order valence-electron chi connectivity index (χ4n) is 4.03. The standard InChI is InChI=1S/C20H26N2O2S.2C2HF3O2/c1-16-6-11-25-19(16)12-22-14-20(15-22)18(5-10-24-20)4-9-23-13-17-2-7-21-8-3-17;2*3-2(4,5)1(6)7/h2-3,6-8,11,18H,4-5,9-10,12-15H2,1H3;2*(H,6,7). The SMILES string of the molecule is Cc1ccsc1CN1CC2(C1)OCCC2CCOCc1ccncc1.O=C(O)C(F)(F)F.O=C(O)C(F)(F)F. The molecule has 2 aliphatic heterocycles. The van der Waals surface area contributed by atoms with Crippen LogP contribution in [-0.2, 0) is 32.2 Å². The Bertz CT molecular complexity index is 1030. The van der Waals surface area contributed by atoms with Crippen molar-refractivity contribution in [2.75, 3.05) is 26.3 Å². The van der Waals surface area contributed by atoms with Crippen molar-refractivity contribution in [2.24, 2.45) is 5.92 Å². The number of likely N-dealkylation sites (tertiary alicyclic amines) is 1. The molecule has 2 saturated heterocycles. The monoisotopic (exact) mass is 586 g/mol. The van der Waals surface area contributed by atoms with E-state index in [2.05, 4.69) is 28.3 Å². The molecule has 4 heterocycles. The molecule has 2 aromatic rings. The first-order valence-electron chi connectivity index (χ1n) is 11.6. The van der Waals surface area contributed by atoms with Gasteiger partial charge in [0.15, 0.2) is 0 Å². The van der Waals surface area contributed by atoms with E-state index in [1.165, 1.54) is 22.4 Å². The molecule has 15 heteroatoms. The van der Waals surface area contributed by atoms with E-state index in [4.69, 9.17) is 29.3 Å². The highest BCUT2D eigenvalue weighted by Gasteiger charge is 2.52. The van der Waals surface area contributed by atoms with Crippen molar-refractivity contribution in [3.05, 3.63) is 52.0 Å². The molecule has 2 N–H and O–H groups in total. The number of halogens is 6. The lowest BCUT2D eigenvalue weighted by atomic mass is 9.79. The largest absolute Gasteiger partial charge is 0.490 e. The molecule has 1 unspecified atom stereocenters. The van der Waals surface area contributed by atoms with Crippen LogP contribution in [0.3, 0.4) is 0 Å². The van der Waals surface area contributed by atoms with Crippen LogP contribution in [0.2, 0.25) is 0 Å². The van der Waals surface area contributed by atoms with Gasteiger partial charge in [0.1, 0.15) is 0 Å². The average Bonchev–Trinajstić information content (AvgIpc) is 3.43. The molecule has 0 bridgehead atoms. The molecule has 0 saturated carbocycles. The van der Waals surface area contributed by atoms with Crippen molar-refractivity contribution in [2.45, 2.75) is 50.9 Å². The van der Waals surface area contributed by atoms with Gasteiger partial charge in [0.25, 0.3) is 0 Å². The van der Waals surface area contributed by atoms with E-state index >= 15 is 0 Å². The fourth-order valence-corrected chi connectivity index (χ4v) is 4.98. The zero-order valence-electron chi connectivity index (χ0n) is 20.8. The van der Waals surface area contributed by atoms with Crippen LogP contribution in [0.5, 0.6) is 0 Å². The van der Waals surface area contributed by atoms with Gasteiger partial charge in [-0.15, -0.1) is 11.3 Å². The van der Waals surface area contributed by atoms with Gasteiger partial charge in [0, 0.05) is 50.1 Å². The molecule has 1 atom stereocenters. The molecule has 0 amide bonds. The number of nitrogens with zero attached hydrogens (tertiary/aromatic N) is 2. The maximum absolute atomic E-state index is 10.6. The Morgan fingerprint density at radius 3 is 2.15 bits per heavy atom. The first-order chi connectivity index (χ1) is 18.1. The Labute approximate surface area is 224 Å². The van der Waals surface area contributed by atoms with Crippen molar-refractivity contribution in [1.82, 2.24) is 9.88 Å². The van der Waals surface area contributed by atoms with Gasteiger partial charge < -0.3 is 19.7 Å². The van der Waals surface area contributed by atoms with Gasteiger partial charge in [0.2, 0.25) is 0 Å². The molecule has 4 rings (SSSR count). The van der Waals surface area contributed by atoms with E-state index in [1.54, 1.807) is 0 Å². The number of hydrogen-bond donors (Lipinski definition) is 2. The number of aromatic nitrogens is 1. The van der Waals surface area contributed by atoms with E-state index in [0.29, 0.717) is 12.5 Å². The molecule has 0 aliphatic carbocycles. The van der Waals surface area contributed by atoms with Gasteiger partial charge in [-0.05, 0) is 60.4 Å². The molecule has 2 fully saturated rings. The Kier molecular flexibility index (Phi) is 11.7. The molecular weight excluding hydrogens is 558 g/mol. The zero-order valence-corrected chi connectivity index (χ0v) is 21.6. The van der Waals surface area contributed by atoms with Crippen LogP contribution in [0.4, 0.5) is 26.3 Å². The number of pyridine rings is 1. The molecular formula is C24H28F6N2O6S. The number of rotatable bonds is 7.